The summed E-state index contributed by atoms with van der Waals surface area (Å²) in [6.45, 7) is 12.4. The second-order valence-corrected chi connectivity index (χ2v) is 14.3. The standard InChI is InChI=1S/C32H40ClN3O5S/c1-6-30(4)16-23(31(5)18(2)10-12-32(19(3)28(30)40)13-11-22(37)27(31)32)41-26(39)17-42-29-35-24(15-25(38)36-29)34-21-9-7-8-20(33)14-21/h6-9,14-15,18-19,23,27-28,40H,1,10-13,16-17H2,2-5H3,(H2,34,35,36,38)/t18-,19+,23-,27+,28+,30-,31+,32+/m1/s1. The summed E-state index contributed by atoms with van der Waals surface area (Å²) >= 11 is 7.14. The molecule has 3 saturated carbocycles. The molecule has 3 N–H and O–H groups in total. The number of carbonyl (C=O) groups is 2. The molecule has 1 aromatic carbocycles. The predicted molar refractivity (Wildman–Crippen MR) is 165 cm³/mol. The van der Waals surface area contributed by atoms with Crippen LogP contribution < -0.4 is 10.9 Å². The van der Waals surface area contributed by atoms with Gasteiger partial charge in [-0.25, -0.2) is 4.98 Å². The van der Waals surface area contributed by atoms with Gasteiger partial charge in [-0.2, -0.15) is 0 Å². The third-order valence-electron chi connectivity index (χ3n) is 10.7. The minimum Gasteiger partial charge on any atom is -0.461 e. The van der Waals surface area contributed by atoms with Crippen LogP contribution in [0.4, 0.5) is 11.5 Å². The number of aromatic nitrogens is 2. The Morgan fingerprint density at radius 3 is 2.76 bits per heavy atom. The number of nitrogens with one attached hydrogen (secondary N) is 2. The van der Waals surface area contributed by atoms with Gasteiger partial charge in [0.15, 0.2) is 5.16 Å². The Bertz CT molecular complexity index is 1450. The number of benzene rings is 1. The molecule has 2 aromatic rings. The van der Waals surface area contributed by atoms with Crippen molar-refractivity contribution in [2.24, 2.45) is 34.0 Å². The van der Waals surface area contributed by atoms with Crippen LogP contribution >= 0.6 is 23.4 Å². The van der Waals surface area contributed by atoms with Crippen molar-refractivity contribution in [1.82, 2.24) is 9.97 Å². The Morgan fingerprint density at radius 2 is 2.05 bits per heavy atom. The number of carbonyl (C=O) groups excluding carboxylic acids is 2. The zero-order valence-corrected chi connectivity index (χ0v) is 26.2. The quantitative estimate of drug-likeness (QED) is 0.147. The zero-order chi connectivity index (χ0) is 30.4. The molecule has 0 amide bonds. The van der Waals surface area contributed by atoms with E-state index in [4.69, 9.17) is 16.3 Å². The minimum absolute atomic E-state index is 0.0853. The molecule has 8 atom stereocenters. The number of aliphatic hydroxyl groups is 1. The topological polar surface area (TPSA) is 121 Å². The van der Waals surface area contributed by atoms with Crippen molar-refractivity contribution >= 4 is 46.6 Å². The lowest BCUT2D eigenvalue weighted by atomic mass is 9.44. The number of hydrogen-bond donors (Lipinski definition) is 3. The SMILES string of the molecule is C=C[C@]1(C)C[C@@H](OC(=O)CSc2nc(Nc3cccc(Cl)c3)cc(=O)[nH]2)[C@]2(C)[C@H](C)CC[C@]3(CCC(=O)[C@H]32)[C@@H](C)[C@@H]1O. The smallest absolute Gasteiger partial charge is 0.316 e. The van der Waals surface area contributed by atoms with Crippen molar-refractivity contribution in [3.05, 3.63) is 58.4 Å². The molecule has 8 nitrogen and oxygen atoms in total. The fraction of sp³-hybridized carbons (Fsp3) is 0.562. The zero-order valence-electron chi connectivity index (χ0n) is 24.6. The van der Waals surface area contributed by atoms with Gasteiger partial charge in [0, 0.05) is 39.9 Å². The molecule has 0 unspecified atom stereocenters. The van der Waals surface area contributed by atoms with Crippen LogP contribution in [-0.4, -0.2) is 44.8 Å². The maximum absolute atomic E-state index is 13.6. The lowest BCUT2D eigenvalue weighted by molar-refractivity contribution is -0.205. The van der Waals surface area contributed by atoms with Crippen LogP contribution in [0, 0.1) is 34.0 Å². The highest BCUT2D eigenvalue weighted by Crippen LogP contribution is 2.68. The number of H-pyrrole nitrogens is 1. The van der Waals surface area contributed by atoms with Gasteiger partial charge < -0.3 is 20.1 Å². The summed E-state index contributed by atoms with van der Waals surface area (Å²) in [7, 11) is 0. The Balaban J connectivity index is 1.39. The number of aromatic amines is 1. The summed E-state index contributed by atoms with van der Waals surface area (Å²) in [5.74, 6) is -0.250. The highest BCUT2D eigenvalue weighted by atomic mass is 35.5. The number of Topliss-reactive ketones (excluding diaryl/α,β-unsaturated/α-hetero) is 1. The number of anilines is 2. The van der Waals surface area contributed by atoms with Gasteiger partial charge in [0.2, 0.25) is 0 Å². The van der Waals surface area contributed by atoms with Gasteiger partial charge in [-0.05, 0) is 61.1 Å². The molecular weight excluding hydrogens is 574 g/mol. The molecule has 2 bridgehead atoms. The van der Waals surface area contributed by atoms with Crippen LogP contribution in [0.1, 0.15) is 59.8 Å². The van der Waals surface area contributed by atoms with Crippen LogP contribution in [-0.2, 0) is 14.3 Å². The molecular formula is C32H40ClN3O5S. The first-order valence-corrected chi connectivity index (χ1v) is 16.0. The summed E-state index contributed by atoms with van der Waals surface area (Å²) in [6, 6.07) is 8.38. The molecule has 3 aliphatic carbocycles. The molecule has 0 aliphatic heterocycles. The molecule has 42 heavy (non-hydrogen) atoms. The van der Waals surface area contributed by atoms with E-state index >= 15 is 0 Å². The van der Waals surface area contributed by atoms with E-state index in [0.717, 1.165) is 31.0 Å². The van der Waals surface area contributed by atoms with Crippen molar-refractivity contribution in [3.8, 4) is 0 Å². The summed E-state index contributed by atoms with van der Waals surface area (Å²) < 4.78 is 6.29. The maximum atomic E-state index is 13.6. The van der Waals surface area contributed by atoms with E-state index in [1.807, 2.05) is 6.92 Å². The molecule has 3 aliphatic rings. The Hall–Kier alpha value is -2.62. The molecule has 1 aromatic heterocycles. The molecule has 10 heteroatoms. The van der Waals surface area contributed by atoms with Crippen molar-refractivity contribution in [3.63, 3.8) is 0 Å². The van der Waals surface area contributed by atoms with Crippen LogP contribution in [0.3, 0.4) is 0 Å². The number of thioether (sulfide) groups is 1. The largest absolute Gasteiger partial charge is 0.461 e. The number of halogens is 1. The highest BCUT2D eigenvalue weighted by Gasteiger charge is 2.68. The molecule has 0 radical (unpaired) electrons. The average molecular weight is 614 g/mol. The van der Waals surface area contributed by atoms with Crippen molar-refractivity contribution < 1.29 is 19.4 Å². The Kier molecular flexibility index (Phi) is 8.42. The highest BCUT2D eigenvalue weighted by molar-refractivity contribution is 7.99. The Labute approximate surface area is 256 Å². The third-order valence-corrected chi connectivity index (χ3v) is 11.8. The fourth-order valence-corrected chi connectivity index (χ4v) is 8.95. The summed E-state index contributed by atoms with van der Waals surface area (Å²) in [4.78, 5) is 46.5. The average Bonchev–Trinajstić information content (AvgIpc) is 3.30. The van der Waals surface area contributed by atoms with E-state index in [1.54, 1.807) is 30.3 Å². The van der Waals surface area contributed by atoms with Gasteiger partial charge >= 0.3 is 5.97 Å². The van der Waals surface area contributed by atoms with Gasteiger partial charge in [0.1, 0.15) is 17.7 Å². The van der Waals surface area contributed by atoms with Crippen molar-refractivity contribution in [2.45, 2.75) is 77.2 Å². The molecule has 226 valence electrons. The Morgan fingerprint density at radius 1 is 1.29 bits per heavy atom. The molecule has 3 fully saturated rings. The van der Waals surface area contributed by atoms with Crippen molar-refractivity contribution in [1.29, 1.82) is 0 Å². The lowest BCUT2D eigenvalue weighted by Gasteiger charge is -2.61. The summed E-state index contributed by atoms with van der Waals surface area (Å²) in [5.41, 5.74) is -1.31. The number of rotatable bonds is 7. The monoisotopic (exact) mass is 613 g/mol. The van der Waals surface area contributed by atoms with Gasteiger partial charge in [-0.15, -0.1) is 6.58 Å². The van der Waals surface area contributed by atoms with Crippen LogP contribution in [0.2, 0.25) is 5.02 Å². The predicted octanol–water partition coefficient (Wildman–Crippen LogP) is 6.17. The van der Waals surface area contributed by atoms with Crippen LogP contribution in [0.5, 0.6) is 0 Å². The molecule has 5 rings (SSSR count). The van der Waals surface area contributed by atoms with Gasteiger partial charge in [0.25, 0.3) is 5.56 Å². The number of ketones is 1. The second-order valence-electron chi connectivity index (χ2n) is 12.9. The number of esters is 1. The van der Waals surface area contributed by atoms with Gasteiger partial charge in [0.05, 0.1) is 11.9 Å². The van der Waals surface area contributed by atoms with E-state index in [0.29, 0.717) is 29.4 Å². The van der Waals surface area contributed by atoms with Crippen LogP contribution in [0.25, 0.3) is 0 Å². The van der Waals surface area contributed by atoms with Gasteiger partial charge in [-0.1, -0.05) is 63.2 Å². The molecule has 1 heterocycles. The van der Waals surface area contributed by atoms with E-state index in [-0.39, 0.29) is 45.4 Å². The van der Waals surface area contributed by atoms with Crippen LogP contribution in [0.15, 0.2) is 52.9 Å². The first-order chi connectivity index (χ1) is 19.8. The summed E-state index contributed by atoms with van der Waals surface area (Å²) in [5, 5.41) is 15.6. The summed E-state index contributed by atoms with van der Waals surface area (Å²) in [6.07, 6.45) is 3.86. The number of hydrogen-bond acceptors (Lipinski definition) is 8. The second kappa shape index (κ2) is 11.5. The van der Waals surface area contributed by atoms with E-state index in [9.17, 15) is 19.5 Å². The first kappa shape index (κ1) is 30.8. The van der Waals surface area contributed by atoms with E-state index in [2.05, 4.69) is 42.6 Å². The number of ether oxygens (including phenoxy) is 1. The molecule has 0 spiro atoms. The first-order valence-electron chi connectivity index (χ1n) is 14.6. The number of nitrogens with zero attached hydrogens (tertiary/aromatic N) is 1. The normalized spacial score (nSPS) is 36.0. The van der Waals surface area contributed by atoms with Crippen molar-refractivity contribution in [2.75, 3.05) is 11.1 Å². The lowest BCUT2D eigenvalue weighted by Crippen LogP contribution is -2.63. The van der Waals surface area contributed by atoms with E-state index < -0.39 is 29.0 Å². The third kappa shape index (κ3) is 5.33. The maximum Gasteiger partial charge on any atom is 0.316 e. The molecule has 0 saturated heterocycles. The number of aliphatic hydroxyl groups excluding tert-OH is 1. The van der Waals surface area contributed by atoms with Gasteiger partial charge in [-0.3, -0.25) is 14.4 Å². The van der Waals surface area contributed by atoms with E-state index in [1.165, 1.54) is 6.07 Å². The minimum atomic E-state index is -0.721. The fourth-order valence-electron chi connectivity index (χ4n) is 8.10.